The van der Waals surface area contributed by atoms with Crippen LogP contribution in [-0.4, -0.2) is 15.0 Å². The number of nitrogens with zero attached hydrogens (tertiary/aromatic N) is 3. The van der Waals surface area contributed by atoms with Gasteiger partial charge in [-0.2, -0.15) is 0 Å². The van der Waals surface area contributed by atoms with Crippen LogP contribution in [0.3, 0.4) is 0 Å². The first-order valence-corrected chi connectivity index (χ1v) is 5.52. The van der Waals surface area contributed by atoms with Gasteiger partial charge in [0.2, 0.25) is 0 Å². The van der Waals surface area contributed by atoms with E-state index in [4.69, 9.17) is 11.6 Å². The van der Waals surface area contributed by atoms with Crippen molar-refractivity contribution in [1.82, 2.24) is 15.0 Å². The molecule has 0 fully saturated rings. The topological polar surface area (TPSA) is 38.7 Å². The van der Waals surface area contributed by atoms with Gasteiger partial charge in [0, 0.05) is 6.20 Å². The normalized spacial score (nSPS) is 10.3. The van der Waals surface area contributed by atoms with E-state index in [9.17, 15) is 0 Å². The Balaban J connectivity index is 2.22. The number of pyridine rings is 1. The molecule has 0 saturated carbocycles. The van der Waals surface area contributed by atoms with Crippen molar-refractivity contribution in [2.75, 3.05) is 0 Å². The third-order valence-corrected chi connectivity index (χ3v) is 3.00. The van der Waals surface area contributed by atoms with Crippen molar-refractivity contribution in [3.05, 3.63) is 41.4 Å². The van der Waals surface area contributed by atoms with Crippen LogP contribution in [0.25, 0.3) is 0 Å². The number of hydrogen-bond acceptors (Lipinski definition) is 4. The Kier molecular flexibility index (Phi) is 3.18. The van der Waals surface area contributed by atoms with E-state index in [0.717, 1.165) is 15.6 Å². The van der Waals surface area contributed by atoms with Crippen LogP contribution in [-0.2, 0) is 0 Å². The second kappa shape index (κ2) is 4.59. The molecule has 0 aliphatic carbocycles. The number of aromatic nitrogens is 3. The molecule has 0 radical (unpaired) electrons. The minimum Gasteiger partial charge on any atom is -0.249 e. The largest absolute Gasteiger partial charge is 0.249 e. The summed E-state index contributed by atoms with van der Waals surface area (Å²) in [5.74, 6) is 0. The summed E-state index contributed by atoms with van der Waals surface area (Å²) in [6.45, 7) is 2.01. The average Bonchev–Trinajstić information content (AvgIpc) is 2.25. The molecule has 5 heteroatoms. The molecule has 15 heavy (non-hydrogen) atoms. The summed E-state index contributed by atoms with van der Waals surface area (Å²) in [6, 6.07) is 3.92. The molecule has 0 aliphatic rings. The summed E-state index contributed by atoms with van der Waals surface area (Å²) in [7, 11) is 0. The highest BCUT2D eigenvalue weighted by atomic mass is 35.5. The molecule has 2 aromatic rings. The Morgan fingerprint density at radius 2 is 2.07 bits per heavy atom. The average molecular weight is 238 g/mol. The molecule has 0 aliphatic heterocycles. The summed E-state index contributed by atoms with van der Waals surface area (Å²) in [6.07, 6.45) is 4.93. The maximum atomic E-state index is 5.65. The lowest BCUT2D eigenvalue weighted by atomic mass is 10.3. The van der Waals surface area contributed by atoms with Gasteiger partial charge in [-0.3, -0.25) is 0 Å². The van der Waals surface area contributed by atoms with Gasteiger partial charge in [0.05, 0.1) is 12.4 Å². The van der Waals surface area contributed by atoms with Crippen LogP contribution in [0.5, 0.6) is 0 Å². The van der Waals surface area contributed by atoms with Crippen molar-refractivity contribution in [2.24, 2.45) is 0 Å². The van der Waals surface area contributed by atoms with E-state index in [2.05, 4.69) is 15.0 Å². The van der Waals surface area contributed by atoms with E-state index >= 15 is 0 Å². The van der Waals surface area contributed by atoms with Crippen LogP contribution in [0.2, 0.25) is 5.15 Å². The van der Waals surface area contributed by atoms with E-state index in [0.29, 0.717) is 5.15 Å². The Morgan fingerprint density at radius 3 is 2.73 bits per heavy atom. The SMILES string of the molecule is Cc1cccnc1Sc1cnc(Cl)cn1. The lowest BCUT2D eigenvalue weighted by Crippen LogP contribution is -1.87. The Hall–Kier alpha value is -1.13. The van der Waals surface area contributed by atoms with Crippen LogP contribution in [0.1, 0.15) is 5.56 Å². The van der Waals surface area contributed by atoms with E-state index in [1.54, 1.807) is 12.4 Å². The summed E-state index contributed by atoms with van der Waals surface area (Å²) in [4.78, 5) is 12.4. The lowest BCUT2D eigenvalue weighted by molar-refractivity contribution is 1.03. The molecule has 0 saturated heterocycles. The highest BCUT2D eigenvalue weighted by molar-refractivity contribution is 7.99. The Labute approximate surface area is 96.9 Å². The highest BCUT2D eigenvalue weighted by Gasteiger charge is 2.03. The van der Waals surface area contributed by atoms with Crippen molar-refractivity contribution >= 4 is 23.4 Å². The standard InChI is InChI=1S/C10H8ClN3S/c1-7-3-2-4-12-10(7)15-9-6-13-8(11)5-14-9/h2-6H,1H3. The molecule has 0 bridgehead atoms. The monoisotopic (exact) mass is 237 g/mol. The smallest absolute Gasteiger partial charge is 0.147 e. The van der Waals surface area contributed by atoms with Gasteiger partial charge in [-0.1, -0.05) is 17.7 Å². The molecule has 3 nitrogen and oxygen atoms in total. The van der Waals surface area contributed by atoms with Crippen molar-refractivity contribution < 1.29 is 0 Å². The van der Waals surface area contributed by atoms with Crippen LogP contribution in [0.15, 0.2) is 40.8 Å². The number of aryl methyl sites for hydroxylation is 1. The molecule has 2 rings (SSSR count). The molecule has 0 aromatic carbocycles. The molecule has 76 valence electrons. The summed E-state index contributed by atoms with van der Waals surface area (Å²) in [5.41, 5.74) is 1.12. The maximum absolute atomic E-state index is 5.65. The highest BCUT2D eigenvalue weighted by Crippen LogP contribution is 2.25. The fraction of sp³-hybridized carbons (Fsp3) is 0.100. The number of rotatable bonds is 2. The third-order valence-electron chi connectivity index (χ3n) is 1.76. The van der Waals surface area contributed by atoms with E-state index in [1.807, 2.05) is 19.1 Å². The third kappa shape index (κ3) is 2.67. The van der Waals surface area contributed by atoms with Gasteiger partial charge in [-0.15, -0.1) is 0 Å². The molecule has 0 N–H and O–H groups in total. The molecular weight excluding hydrogens is 230 g/mol. The summed E-state index contributed by atoms with van der Waals surface area (Å²) in [5, 5.41) is 2.13. The molecule has 2 aromatic heterocycles. The molecule has 0 amide bonds. The zero-order chi connectivity index (χ0) is 10.7. The van der Waals surface area contributed by atoms with Crippen molar-refractivity contribution in [2.45, 2.75) is 17.0 Å². The second-order valence-corrected chi connectivity index (χ2v) is 4.30. The minimum absolute atomic E-state index is 0.400. The van der Waals surface area contributed by atoms with Gasteiger partial charge in [-0.25, -0.2) is 15.0 Å². The summed E-state index contributed by atoms with van der Waals surface area (Å²) >= 11 is 7.13. The van der Waals surface area contributed by atoms with Crippen LogP contribution >= 0.6 is 23.4 Å². The van der Waals surface area contributed by atoms with Gasteiger partial charge >= 0.3 is 0 Å². The van der Waals surface area contributed by atoms with Crippen molar-refractivity contribution in [3.63, 3.8) is 0 Å². The molecule has 2 heterocycles. The Bertz CT molecular complexity index is 458. The first-order chi connectivity index (χ1) is 7.25. The predicted octanol–water partition coefficient (Wildman–Crippen LogP) is 2.98. The first-order valence-electron chi connectivity index (χ1n) is 4.33. The van der Waals surface area contributed by atoms with E-state index < -0.39 is 0 Å². The Morgan fingerprint density at radius 1 is 1.20 bits per heavy atom. The van der Waals surface area contributed by atoms with Crippen LogP contribution in [0, 0.1) is 6.92 Å². The van der Waals surface area contributed by atoms with Gasteiger partial charge in [0.1, 0.15) is 15.2 Å². The number of hydrogen-bond donors (Lipinski definition) is 0. The van der Waals surface area contributed by atoms with Gasteiger partial charge in [0.25, 0.3) is 0 Å². The van der Waals surface area contributed by atoms with Gasteiger partial charge in [0.15, 0.2) is 0 Å². The fourth-order valence-electron chi connectivity index (χ4n) is 1.03. The van der Waals surface area contributed by atoms with E-state index in [-0.39, 0.29) is 0 Å². The van der Waals surface area contributed by atoms with Crippen molar-refractivity contribution in [1.29, 1.82) is 0 Å². The quantitative estimate of drug-likeness (QED) is 0.805. The molecule has 0 atom stereocenters. The van der Waals surface area contributed by atoms with Crippen LogP contribution < -0.4 is 0 Å². The van der Waals surface area contributed by atoms with Gasteiger partial charge < -0.3 is 0 Å². The minimum atomic E-state index is 0.400. The molecule has 0 spiro atoms. The molecular formula is C10H8ClN3S. The zero-order valence-corrected chi connectivity index (χ0v) is 9.59. The maximum Gasteiger partial charge on any atom is 0.147 e. The van der Waals surface area contributed by atoms with E-state index in [1.165, 1.54) is 18.0 Å². The first kappa shape index (κ1) is 10.4. The van der Waals surface area contributed by atoms with Gasteiger partial charge in [-0.05, 0) is 30.3 Å². The summed E-state index contributed by atoms with van der Waals surface area (Å²) < 4.78 is 0. The fourth-order valence-corrected chi connectivity index (χ4v) is 1.88. The van der Waals surface area contributed by atoms with Crippen molar-refractivity contribution in [3.8, 4) is 0 Å². The lowest BCUT2D eigenvalue weighted by Gasteiger charge is -2.02. The zero-order valence-electron chi connectivity index (χ0n) is 8.01. The second-order valence-electron chi connectivity index (χ2n) is 2.90. The van der Waals surface area contributed by atoms with Crippen LogP contribution in [0.4, 0.5) is 0 Å². The number of halogens is 1. The molecule has 0 unspecified atom stereocenters. The predicted molar refractivity (Wildman–Crippen MR) is 60.1 cm³/mol.